The van der Waals surface area contributed by atoms with E-state index in [1.54, 1.807) is 13.8 Å². The molecular weight excluding hydrogens is 182 g/mol. The summed E-state index contributed by atoms with van der Waals surface area (Å²) in [6, 6.07) is 2.25. The van der Waals surface area contributed by atoms with Crippen LogP contribution in [0.1, 0.15) is 25.3 Å². The summed E-state index contributed by atoms with van der Waals surface area (Å²) in [6.07, 6.45) is 0. The highest BCUT2D eigenvalue weighted by atomic mass is 35.5. The molecule has 0 saturated heterocycles. The smallest absolute Gasteiger partial charge is 0.131 e. The molecule has 0 aliphatic carbocycles. The summed E-state index contributed by atoms with van der Waals surface area (Å²) in [6.45, 7) is 3.46. The number of hydrogen-bond donors (Lipinski definition) is 0. The minimum absolute atomic E-state index is 0.0920. The fourth-order valence-corrected chi connectivity index (χ4v) is 1.30. The fraction of sp³-hybridized carbons (Fsp3) is 0.333. The van der Waals surface area contributed by atoms with Crippen LogP contribution in [0.4, 0.5) is 8.78 Å². The molecule has 0 spiro atoms. The SMILES string of the molecule is CC(C)c1c(F)cc(Cl)cc1F. The van der Waals surface area contributed by atoms with Gasteiger partial charge in [0.15, 0.2) is 0 Å². The average molecular weight is 191 g/mol. The van der Waals surface area contributed by atoms with Gasteiger partial charge >= 0.3 is 0 Å². The van der Waals surface area contributed by atoms with Crippen LogP contribution in [0, 0.1) is 11.6 Å². The average Bonchev–Trinajstić information content (AvgIpc) is 1.82. The third-order valence-electron chi connectivity index (χ3n) is 1.62. The maximum atomic E-state index is 13.0. The molecule has 0 aliphatic rings. The van der Waals surface area contributed by atoms with Crippen molar-refractivity contribution in [3.8, 4) is 0 Å². The monoisotopic (exact) mass is 190 g/mol. The molecule has 0 nitrogen and oxygen atoms in total. The van der Waals surface area contributed by atoms with Crippen LogP contribution in [-0.2, 0) is 0 Å². The molecule has 3 heteroatoms. The minimum atomic E-state index is -0.574. The van der Waals surface area contributed by atoms with Crippen LogP contribution >= 0.6 is 11.6 Å². The summed E-state index contributed by atoms with van der Waals surface area (Å²) in [5, 5.41) is 0.0920. The van der Waals surface area contributed by atoms with Crippen LogP contribution in [0.15, 0.2) is 12.1 Å². The van der Waals surface area contributed by atoms with E-state index in [0.717, 1.165) is 12.1 Å². The molecule has 0 aromatic heterocycles. The highest BCUT2D eigenvalue weighted by Crippen LogP contribution is 2.24. The van der Waals surface area contributed by atoms with E-state index in [4.69, 9.17) is 11.6 Å². The summed E-state index contributed by atoms with van der Waals surface area (Å²) < 4.78 is 26.1. The van der Waals surface area contributed by atoms with Gasteiger partial charge in [-0.1, -0.05) is 25.4 Å². The van der Waals surface area contributed by atoms with Crippen molar-refractivity contribution >= 4 is 11.6 Å². The van der Waals surface area contributed by atoms with E-state index in [1.165, 1.54) is 0 Å². The van der Waals surface area contributed by atoms with Gasteiger partial charge in [-0.05, 0) is 18.1 Å². The first-order valence-corrected chi connectivity index (χ1v) is 4.04. The second kappa shape index (κ2) is 3.40. The van der Waals surface area contributed by atoms with Crippen molar-refractivity contribution in [1.29, 1.82) is 0 Å². The maximum absolute atomic E-state index is 13.0. The van der Waals surface area contributed by atoms with Gasteiger partial charge in [-0.3, -0.25) is 0 Å². The number of rotatable bonds is 1. The molecule has 0 fully saturated rings. The second-order valence-corrected chi connectivity index (χ2v) is 3.37. The summed E-state index contributed by atoms with van der Waals surface area (Å²) in [5.74, 6) is -1.31. The molecule has 1 aromatic carbocycles. The van der Waals surface area contributed by atoms with Crippen molar-refractivity contribution in [1.82, 2.24) is 0 Å². The minimum Gasteiger partial charge on any atom is -0.207 e. The van der Waals surface area contributed by atoms with Crippen molar-refractivity contribution in [2.75, 3.05) is 0 Å². The lowest BCUT2D eigenvalue weighted by Crippen LogP contribution is -1.97. The Bertz CT molecular complexity index is 272. The molecule has 1 aromatic rings. The lowest BCUT2D eigenvalue weighted by Gasteiger charge is -2.08. The van der Waals surface area contributed by atoms with Gasteiger partial charge in [0.05, 0.1) is 0 Å². The van der Waals surface area contributed by atoms with E-state index >= 15 is 0 Å². The van der Waals surface area contributed by atoms with Crippen LogP contribution in [0.2, 0.25) is 5.02 Å². The Morgan fingerprint density at radius 2 is 1.58 bits per heavy atom. The Kier molecular flexibility index (Phi) is 2.68. The number of hydrogen-bond acceptors (Lipinski definition) is 0. The Hall–Kier alpha value is -0.630. The third-order valence-corrected chi connectivity index (χ3v) is 1.84. The highest BCUT2D eigenvalue weighted by molar-refractivity contribution is 6.30. The molecule has 0 heterocycles. The quantitative estimate of drug-likeness (QED) is 0.633. The summed E-state index contributed by atoms with van der Waals surface area (Å²) in [4.78, 5) is 0. The molecule has 12 heavy (non-hydrogen) atoms. The maximum Gasteiger partial charge on any atom is 0.131 e. The largest absolute Gasteiger partial charge is 0.207 e. The Labute approximate surface area is 75.2 Å². The van der Waals surface area contributed by atoms with E-state index in [2.05, 4.69) is 0 Å². The standard InChI is InChI=1S/C9H9ClF2/c1-5(2)9-7(11)3-6(10)4-8(9)12/h3-5H,1-2H3. The zero-order valence-electron chi connectivity index (χ0n) is 6.87. The summed E-state index contributed by atoms with van der Waals surface area (Å²) in [5.41, 5.74) is 0.0967. The van der Waals surface area contributed by atoms with Gasteiger partial charge in [-0.2, -0.15) is 0 Å². The normalized spacial score (nSPS) is 10.8. The molecule has 0 aliphatic heterocycles. The van der Waals surface area contributed by atoms with E-state index in [-0.39, 0.29) is 16.5 Å². The van der Waals surface area contributed by atoms with Crippen molar-refractivity contribution in [3.63, 3.8) is 0 Å². The summed E-state index contributed by atoms with van der Waals surface area (Å²) >= 11 is 5.45. The van der Waals surface area contributed by atoms with Gasteiger partial charge in [0.2, 0.25) is 0 Å². The predicted octanol–water partition coefficient (Wildman–Crippen LogP) is 3.74. The van der Waals surface area contributed by atoms with Crippen molar-refractivity contribution < 1.29 is 8.78 Å². The van der Waals surface area contributed by atoms with Gasteiger partial charge in [-0.15, -0.1) is 0 Å². The molecule has 66 valence electrons. The van der Waals surface area contributed by atoms with Crippen LogP contribution in [0.25, 0.3) is 0 Å². The molecule has 0 bridgehead atoms. The Balaban J connectivity index is 3.28. The van der Waals surface area contributed by atoms with E-state index in [0.29, 0.717) is 0 Å². The van der Waals surface area contributed by atoms with Gasteiger partial charge in [0.1, 0.15) is 11.6 Å². The third kappa shape index (κ3) is 1.75. The van der Waals surface area contributed by atoms with Crippen LogP contribution in [0.3, 0.4) is 0 Å². The van der Waals surface area contributed by atoms with Gasteiger partial charge in [0, 0.05) is 10.6 Å². The molecular formula is C9H9ClF2. The molecule has 0 saturated carbocycles. The van der Waals surface area contributed by atoms with Gasteiger partial charge < -0.3 is 0 Å². The molecule has 0 amide bonds. The van der Waals surface area contributed by atoms with Crippen molar-refractivity contribution in [3.05, 3.63) is 34.4 Å². The van der Waals surface area contributed by atoms with Crippen LogP contribution in [0.5, 0.6) is 0 Å². The Morgan fingerprint density at radius 1 is 1.17 bits per heavy atom. The number of benzene rings is 1. The van der Waals surface area contributed by atoms with Gasteiger partial charge in [-0.25, -0.2) is 8.78 Å². The topological polar surface area (TPSA) is 0 Å². The fourth-order valence-electron chi connectivity index (χ4n) is 1.10. The molecule has 0 radical (unpaired) electrons. The molecule has 0 atom stereocenters. The lowest BCUT2D eigenvalue weighted by molar-refractivity contribution is 0.542. The zero-order valence-corrected chi connectivity index (χ0v) is 7.62. The second-order valence-electron chi connectivity index (χ2n) is 2.94. The predicted molar refractivity (Wildman–Crippen MR) is 45.5 cm³/mol. The first-order valence-electron chi connectivity index (χ1n) is 3.67. The lowest BCUT2D eigenvalue weighted by atomic mass is 10.0. The summed E-state index contributed by atoms with van der Waals surface area (Å²) in [7, 11) is 0. The molecule has 0 N–H and O–H groups in total. The zero-order chi connectivity index (χ0) is 9.30. The van der Waals surface area contributed by atoms with E-state index < -0.39 is 11.6 Å². The molecule has 1 rings (SSSR count). The van der Waals surface area contributed by atoms with Crippen LogP contribution < -0.4 is 0 Å². The van der Waals surface area contributed by atoms with Crippen molar-refractivity contribution in [2.24, 2.45) is 0 Å². The van der Waals surface area contributed by atoms with Crippen LogP contribution in [-0.4, -0.2) is 0 Å². The number of halogens is 3. The first-order chi connectivity index (χ1) is 5.52. The Morgan fingerprint density at radius 3 is 1.92 bits per heavy atom. The first kappa shape index (κ1) is 9.46. The van der Waals surface area contributed by atoms with E-state index in [9.17, 15) is 8.78 Å². The van der Waals surface area contributed by atoms with E-state index in [1.807, 2.05) is 0 Å². The molecule has 0 unspecified atom stereocenters. The van der Waals surface area contributed by atoms with Gasteiger partial charge in [0.25, 0.3) is 0 Å². The van der Waals surface area contributed by atoms with Crippen molar-refractivity contribution in [2.45, 2.75) is 19.8 Å². The highest BCUT2D eigenvalue weighted by Gasteiger charge is 2.13.